The van der Waals surface area contributed by atoms with Crippen molar-refractivity contribution in [2.45, 2.75) is 52.1 Å². The number of quaternary nitrogens is 1. The van der Waals surface area contributed by atoms with Gasteiger partial charge in [-0.1, -0.05) is 26.7 Å². The van der Waals surface area contributed by atoms with Gasteiger partial charge in [0, 0.05) is 0 Å². The van der Waals surface area contributed by atoms with E-state index in [2.05, 4.69) is 13.8 Å². The van der Waals surface area contributed by atoms with Crippen LogP contribution in [0, 0.1) is 0 Å². The van der Waals surface area contributed by atoms with Crippen molar-refractivity contribution in [1.29, 1.82) is 0 Å². The van der Waals surface area contributed by atoms with Crippen LogP contribution in [0.5, 0.6) is 0 Å². The van der Waals surface area contributed by atoms with E-state index in [-0.39, 0.29) is 12.1 Å². The van der Waals surface area contributed by atoms with Gasteiger partial charge >= 0.3 is 5.97 Å². The maximum atomic E-state index is 11.6. The van der Waals surface area contributed by atoms with Gasteiger partial charge < -0.3 is 9.22 Å². The lowest BCUT2D eigenvalue weighted by Gasteiger charge is -2.24. The van der Waals surface area contributed by atoms with Gasteiger partial charge in [0.1, 0.15) is 6.10 Å². The van der Waals surface area contributed by atoms with E-state index < -0.39 is 0 Å². The third-order valence-corrected chi connectivity index (χ3v) is 2.49. The molecule has 0 aromatic rings. The Balaban J connectivity index is 3.88. The summed E-state index contributed by atoms with van der Waals surface area (Å²) in [5, 5.41) is 0. The molecule has 0 amide bonds. The monoisotopic (exact) mass is 230 g/mol. The van der Waals surface area contributed by atoms with Crippen LogP contribution in [0.15, 0.2) is 0 Å². The second-order valence-corrected chi connectivity index (χ2v) is 5.46. The molecule has 3 heteroatoms. The Kier molecular flexibility index (Phi) is 7.39. The SMILES string of the molecule is CCCCCC(CC)OC(=O)C[N+](C)(C)C. The molecule has 0 rings (SSSR count). The number of carbonyl (C=O) groups is 1. The molecule has 1 unspecified atom stereocenters. The van der Waals surface area contributed by atoms with Crippen LogP contribution in [0.1, 0.15) is 46.0 Å². The van der Waals surface area contributed by atoms with Crippen molar-refractivity contribution in [1.82, 2.24) is 0 Å². The zero-order chi connectivity index (χ0) is 12.6. The van der Waals surface area contributed by atoms with Crippen LogP contribution in [0.4, 0.5) is 0 Å². The summed E-state index contributed by atoms with van der Waals surface area (Å²) in [5.41, 5.74) is 0. The summed E-state index contributed by atoms with van der Waals surface area (Å²) in [6.45, 7) is 4.71. The Bertz CT molecular complexity index is 197. The molecule has 0 fully saturated rings. The fourth-order valence-electron chi connectivity index (χ4n) is 1.58. The number of esters is 1. The highest BCUT2D eigenvalue weighted by Gasteiger charge is 2.19. The van der Waals surface area contributed by atoms with E-state index in [4.69, 9.17) is 4.74 Å². The second-order valence-electron chi connectivity index (χ2n) is 5.46. The van der Waals surface area contributed by atoms with Gasteiger partial charge in [0.05, 0.1) is 21.1 Å². The van der Waals surface area contributed by atoms with E-state index in [1.165, 1.54) is 12.8 Å². The summed E-state index contributed by atoms with van der Waals surface area (Å²) in [7, 11) is 6.00. The Labute approximate surface area is 100 Å². The summed E-state index contributed by atoms with van der Waals surface area (Å²) in [5.74, 6) is -0.0733. The third kappa shape index (κ3) is 8.72. The maximum absolute atomic E-state index is 11.6. The van der Waals surface area contributed by atoms with Crippen molar-refractivity contribution >= 4 is 5.97 Å². The van der Waals surface area contributed by atoms with Crippen molar-refractivity contribution in [2.75, 3.05) is 27.7 Å². The Hall–Kier alpha value is -0.570. The lowest BCUT2D eigenvalue weighted by molar-refractivity contribution is -0.862. The van der Waals surface area contributed by atoms with Gasteiger partial charge in [-0.15, -0.1) is 0 Å². The van der Waals surface area contributed by atoms with Crippen LogP contribution in [-0.4, -0.2) is 44.2 Å². The maximum Gasteiger partial charge on any atom is 0.362 e. The first-order chi connectivity index (χ1) is 7.39. The topological polar surface area (TPSA) is 26.3 Å². The van der Waals surface area contributed by atoms with E-state index in [1.54, 1.807) is 0 Å². The van der Waals surface area contributed by atoms with Crippen molar-refractivity contribution in [3.05, 3.63) is 0 Å². The van der Waals surface area contributed by atoms with Gasteiger partial charge in [0.2, 0.25) is 0 Å². The highest BCUT2D eigenvalue weighted by Crippen LogP contribution is 2.10. The standard InChI is InChI=1S/C13H28NO2/c1-6-8-9-10-12(7-2)16-13(15)11-14(3,4)5/h12H,6-11H2,1-5H3/q+1. The number of rotatable bonds is 8. The predicted octanol–water partition coefficient (Wildman–Crippen LogP) is 2.59. The Morgan fingerprint density at radius 2 is 1.81 bits per heavy atom. The molecule has 0 N–H and O–H groups in total. The minimum Gasteiger partial charge on any atom is -0.458 e. The molecule has 0 aromatic heterocycles. The number of nitrogens with zero attached hydrogens (tertiary/aromatic N) is 1. The highest BCUT2D eigenvalue weighted by molar-refractivity contribution is 5.70. The molecule has 0 heterocycles. The van der Waals surface area contributed by atoms with Gasteiger partial charge in [-0.2, -0.15) is 0 Å². The lowest BCUT2D eigenvalue weighted by Crippen LogP contribution is -2.41. The molecule has 0 aliphatic rings. The fraction of sp³-hybridized carbons (Fsp3) is 0.923. The minimum atomic E-state index is -0.0733. The molecule has 0 aliphatic heterocycles. The van der Waals surface area contributed by atoms with Gasteiger partial charge in [-0.05, 0) is 19.3 Å². The van der Waals surface area contributed by atoms with Crippen molar-refractivity contribution in [3.63, 3.8) is 0 Å². The molecule has 0 saturated heterocycles. The molecule has 0 aliphatic carbocycles. The molecular formula is C13H28NO2+. The predicted molar refractivity (Wildman–Crippen MR) is 67.2 cm³/mol. The number of ether oxygens (including phenoxy) is 1. The summed E-state index contributed by atoms with van der Waals surface area (Å²) in [6, 6.07) is 0. The first-order valence-corrected chi connectivity index (χ1v) is 6.39. The Morgan fingerprint density at radius 1 is 1.19 bits per heavy atom. The normalized spacial score (nSPS) is 13.6. The molecule has 96 valence electrons. The van der Waals surface area contributed by atoms with Crippen molar-refractivity contribution in [3.8, 4) is 0 Å². The summed E-state index contributed by atoms with van der Waals surface area (Å²) in [6.07, 6.45) is 5.64. The first kappa shape index (κ1) is 15.4. The molecule has 1 atom stereocenters. The molecule has 0 bridgehead atoms. The van der Waals surface area contributed by atoms with Crippen LogP contribution in [0.2, 0.25) is 0 Å². The van der Waals surface area contributed by atoms with E-state index in [1.807, 2.05) is 21.1 Å². The quantitative estimate of drug-likeness (QED) is 0.364. The zero-order valence-corrected chi connectivity index (χ0v) is 11.6. The number of carbonyl (C=O) groups excluding carboxylic acids is 1. The van der Waals surface area contributed by atoms with Crippen LogP contribution in [0.3, 0.4) is 0 Å². The number of unbranched alkanes of at least 4 members (excludes halogenated alkanes) is 2. The molecule has 0 radical (unpaired) electrons. The number of hydrogen-bond donors (Lipinski definition) is 0. The van der Waals surface area contributed by atoms with Gasteiger partial charge in [0.25, 0.3) is 0 Å². The minimum absolute atomic E-state index is 0.0733. The summed E-state index contributed by atoms with van der Waals surface area (Å²) < 4.78 is 6.10. The molecule has 16 heavy (non-hydrogen) atoms. The van der Waals surface area contributed by atoms with Crippen molar-refractivity contribution < 1.29 is 14.0 Å². The average molecular weight is 230 g/mol. The van der Waals surface area contributed by atoms with Gasteiger partial charge in [-0.3, -0.25) is 0 Å². The van der Waals surface area contributed by atoms with Crippen LogP contribution in [-0.2, 0) is 9.53 Å². The highest BCUT2D eigenvalue weighted by atomic mass is 16.5. The van der Waals surface area contributed by atoms with Crippen LogP contribution in [0.25, 0.3) is 0 Å². The smallest absolute Gasteiger partial charge is 0.362 e. The molecule has 0 spiro atoms. The summed E-state index contributed by atoms with van der Waals surface area (Å²) in [4.78, 5) is 11.6. The van der Waals surface area contributed by atoms with Crippen molar-refractivity contribution in [2.24, 2.45) is 0 Å². The fourth-order valence-corrected chi connectivity index (χ4v) is 1.58. The van der Waals surface area contributed by atoms with Crippen LogP contribution < -0.4 is 0 Å². The van der Waals surface area contributed by atoms with E-state index in [0.29, 0.717) is 11.0 Å². The van der Waals surface area contributed by atoms with Gasteiger partial charge in [-0.25, -0.2) is 4.79 Å². The molecule has 3 nitrogen and oxygen atoms in total. The van der Waals surface area contributed by atoms with Gasteiger partial charge in [0.15, 0.2) is 6.54 Å². The van der Waals surface area contributed by atoms with E-state index >= 15 is 0 Å². The van der Waals surface area contributed by atoms with E-state index in [0.717, 1.165) is 19.3 Å². The summed E-state index contributed by atoms with van der Waals surface area (Å²) >= 11 is 0. The number of hydrogen-bond acceptors (Lipinski definition) is 2. The largest absolute Gasteiger partial charge is 0.458 e. The lowest BCUT2D eigenvalue weighted by atomic mass is 10.1. The molecular weight excluding hydrogens is 202 g/mol. The number of likely N-dealkylation sites (N-methyl/N-ethyl adjacent to an activating group) is 1. The molecule has 0 saturated carbocycles. The second kappa shape index (κ2) is 7.66. The first-order valence-electron chi connectivity index (χ1n) is 6.39. The van der Waals surface area contributed by atoms with E-state index in [9.17, 15) is 4.79 Å². The zero-order valence-electron chi connectivity index (χ0n) is 11.6. The van der Waals surface area contributed by atoms with Crippen LogP contribution >= 0.6 is 0 Å². The third-order valence-electron chi connectivity index (χ3n) is 2.49. The average Bonchev–Trinajstić information content (AvgIpc) is 2.13. The Morgan fingerprint density at radius 3 is 2.25 bits per heavy atom. The molecule has 0 aromatic carbocycles.